The number of benzene rings is 2. The average molecular weight is 627 g/mol. The van der Waals surface area contributed by atoms with Crippen LogP contribution in [-0.2, 0) is 9.53 Å². The Morgan fingerprint density at radius 1 is 1.15 bits per heavy atom. The van der Waals surface area contributed by atoms with E-state index >= 15 is 0 Å². The number of rotatable bonds is 9. The van der Waals surface area contributed by atoms with Gasteiger partial charge in [-0.05, 0) is 55.3 Å². The molecule has 0 spiro atoms. The van der Waals surface area contributed by atoms with Crippen LogP contribution in [0.4, 0.5) is 13.2 Å². The smallest absolute Gasteiger partial charge is 0.434 e. The number of allylic oxidation sites excluding steroid dienone is 1. The molecule has 13 heteroatoms. The molecule has 41 heavy (non-hydrogen) atoms. The molecular weight excluding hydrogens is 604 g/mol. The van der Waals surface area contributed by atoms with Gasteiger partial charge in [0.15, 0.2) is 22.0 Å². The molecule has 0 N–H and O–H groups in total. The fourth-order valence-corrected chi connectivity index (χ4v) is 5.57. The number of aromatic nitrogens is 1. The Morgan fingerprint density at radius 3 is 2.46 bits per heavy atom. The predicted molar refractivity (Wildman–Crippen MR) is 151 cm³/mol. The van der Waals surface area contributed by atoms with Gasteiger partial charge >= 0.3 is 12.1 Å². The number of ether oxygens (including phenoxy) is 3. The van der Waals surface area contributed by atoms with Crippen LogP contribution in [0.25, 0.3) is 6.08 Å². The summed E-state index contributed by atoms with van der Waals surface area (Å²) < 4.78 is 60.1. The highest BCUT2D eigenvalue weighted by atomic mass is 35.5. The van der Waals surface area contributed by atoms with E-state index in [1.165, 1.54) is 49.4 Å². The van der Waals surface area contributed by atoms with E-state index in [9.17, 15) is 22.8 Å². The van der Waals surface area contributed by atoms with Crippen molar-refractivity contribution in [3.63, 3.8) is 0 Å². The van der Waals surface area contributed by atoms with E-state index in [0.717, 1.165) is 15.9 Å². The number of thiazole rings is 1. The zero-order valence-electron chi connectivity index (χ0n) is 21.8. The third-order valence-electron chi connectivity index (χ3n) is 5.76. The summed E-state index contributed by atoms with van der Waals surface area (Å²) in [5.74, 6) is -0.645. The number of nitrogens with zero attached hydrogens (tertiary/aromatic N) is 2. The molecule has 0 fully saturated rings. The zero-order chi connectivity index (χ0) is 29.9. The Labute approximate surface area is 246 Å². The van der Waals surface area contributed by atoms with Crippen LogP contribution in [0.1, 0.15) is 31.0 Å². The van der Waals surface area contributed by atoms with Gasteiger partial charge in [-0.1, -0.05) is 59.3 Å². The highest BCUT2D eigenvalue weighted by molar-refractivity contribution is 7.07. The van der Waals surface area contributed by atoms with Crippen LogP contribution in [0.2, 0.25) is 10.0 Å². The van der Waals surface area contributed by atoms with Gasteiger partial charge in [0.05, 0.1) is 34.4 Å². The van der Waals surface area contributed by atoms with Crippen LogP contribution in [-0.4, -0.2) is 36.5 Å². The Bertz CT molecular complexity index is 1700. The summed E-state index contributed by atoms with van der Waals surface area (Å²) in [5.41, 5.74) is -2.26. The van der Waals surface area contributed by atoms with Gasteiger partial charge in [0, 0.05) is 5.02 Å². The summed E-state index contributed by atoms with van der Waals surface area (Å²) in [6, 6.07) is 7.44. The summed E-state index contributed by atoms with van der Waals surface area (Å²) in [4.78, 5) is 30.2. The highest BCUT2D eigenvalue weighted by Gasteiger charge is 2.45. The quantitative estimate of drug-likeness (QED) is 0.228. The lowest BCUT2D eigenvalue weighted by Crippen LogP contribution is -2.41. The monoisotopic (exact) mass is 626 g/mol. The van der Waals surface area contributed by atoms with Crippen molar-refractivity contribution in [2.45, 2.75) is 26.1 Å². The Balaban J connectivity index is 1.98. The van der Waals surface area contributed by atoms with Crippen LogP contribution in [0, 0.1) is 0 Å². The number of fused-ring (bicyclic) bond motifs is 1. The zero-order valence-corrected chi connectivity index (χ0v) is 24.1. The van der Waals surface area contributed by atoms with Crippen molar-refractivity contribution in [2.75, 3.05) is 19.8 Å². The van der Waals surface area contributed by atoms with Crippen molar-refractivity contribution in [1.82, 2.24) is 4.57 Å². The van der Waals surface area contributed by atoms with Crippen molar-refractivity contribution in [3.8, 4) is 11.5 Å². The first kappa shape index (κ1) is 30.4. The summed E-state index contributed by atoms with van der Waals surface area (Å²) in [6.45, 7) is 7.13. The molecule has 0 aliphatic carbocycles. The second-order valence-electron chi connectivity index (χ2n) is 8.48. The summed E-state index contributed by atoms with van der Waals surface area (Å²) in [6.07, 6.45) is -2.02. The van der Waals surface area contributed by atoms with E-state index in [4.69, 9.17) is 37.4 Å². The largest absolute Gasteiger partial charge is 0.490 e. The molecule has 3 aromatic rings. The number of alkyl halides is 3. The molecule has 7 nitrogen and oxygen atoms in total. The van der Waals surface area contributed by atoms with Gasteiger partial charge in [-0.3, -0.25) is 9.36 Å². The molecule has 2 aromatic carbocycles. The van der Waals surface area contributed by atoms with Gasteiger partial charge in [0.25, 0.3) is 5.56 Å². The first-order valence-electron chi connectivity index (χ1n) is 12.3. The minimum absolute atomic E-state index is 0.0487. The van der Waals surface area contributed by atoms with E-state index in [1.807, 2.05) is 0 Å². The fraction of sp³-hybridized carbons (Fsp3) is 0.250. The van der Waals surface area contributed by atoms with Crippen molar-refractivity contribution in [3.05, 3.63) is 101 Å². The van der Waals surface area contributed by atoms with Crippen molar-refractivity contribution >= 4 is 46.6 Å². The third kappa shape index (κ3) is 6.37. The van der Waals surface area contributed by atoms with Crippen molar-refractivity contribution in [2.24, 2.45) is 4.99 Å². The molecule has 1 aliphatic heterocycles. The summed E-state index contributed by atoms with van der Waals surface area (Å²) >= 11 is 13.2. The molecule has 216 valence electrons. The van der Waals surface area contributed by atoms with Gasteiger partial charge in [0.1, 0.15) is 6.61 Å². The lowest BCUT2D eigenvalue weighted by molar-refractivity contribution is -0.140. The van der Waals surface area contributed by atoms with Crippen LogP contribution in [0.3, 0.4) is 0 Å². The second kappa shape index (κ2) is 12.5. The molecule has 4 rings (SSSR count). The molecule has 0 bridgehead atoms. The maximum Gasteiger partial charge on any atom is 0.434 e. The Hall–Kier alpha value is -3.54. The van der Waals surface area contributed by atoms with E-state index in [0.29, 0.717) is 22.9 Å². The highest BCUT2D eigenvalue weighted by Crippen LogP contribution is 2.39. The van der Waals surface area contributed by atoms with Gasteiger partial charge in [-0.15, -0.1) is 0 Å². The molecule has 1 atom stereocenters. The number of carbonyl (C=O) groups excluding carboxylic acids is 1. The molecule has 0 radical (unpaired) electrons. The lowest BCUT2D eigenvalue weighted by Gasteiger charge is -2.26. The minimum Gasteiger partial charge on any atom is -0.490 e. The van der Waals surface area contributed by atoms with Crippen LogP contribution < -0.4 is 24.4 Å². The van der Waals surface area contributed by atoms with Gasteiger partial charge in [0.2, 0.25) is 0 Å². The molecule has 0 saturated heterocycles. The van der Waals surface area contributed by atoms with Gasteiger partial charge < -0.3 is 14.2 Å². The molecule has 1 aromatic heterocycles. The predicted octanol–water partition coefficient (Wildman–Crippen LogP) is 5.61. The Morgan fingerprint density at radius 2 is 1.85 bits per heavy atom. The standard InChI is InChI=1S/C28H23Cl2F3N2O5S/c1-4-11-40-23-18(30)12-15(13-19(23)38-5-2)14-20-25(36)35-22(16-7-9-17(29)10-8-16)21(26(37)39-6-3)24(28(31,32)33)34-27(35)41-20/h4,7-10,12-14,22H,1,5-6,11H2,2-3H3/b20-14-/t22-/m1/s1. The van der Waals surface area contributed by atoms with Crippen molar-refractivity contribution in [1.29, 1.82) is 0 Å². The topological polar surface area (TPSA) is 79.1 Å². The third-order valence-corrected chi connectivity index (χ3v) is 7.27. The average Bonchev–Trinajstić information content (AvgIpc) is 3.22. The number of esters is 1. The van der Waals surface area contributed by atoms with E-state index in [1.54, 1.807) is 13.0 Å². The maximum absolute atomic E-state index is 14.3. The van der Waals surface area contributed by atoms with Crippen molar-refractivity contribution < 1.29 is 32.2 Å². The van der Waals surface area contributed by atoms with E-state index < -0.39 is 35.0 Å². The van der Waals surface area contributed by atoms with E-state index in [2.05, 4.69) is 11.6 Å². The number of hydrogen-bond acceptors (Lipinski definition) is 7. The van der Waals surface area contributed by atoms with Gasteiger partial charge in [-0.25, -0.2) is 9.79 Å². The Kier molecular flexibility index (Phi) is 9.31. The lowest BCUT2D eigenvalue weighted by atomic mass is 9.95. The molecule has 0 unspecified atom stereocenters. The first-order chi connectivity index (χ1) is 19.5. The first-order valence-corrected chi connectivity index (χ1v) is 13.8. The molecular formula is C28H23Cl2F3N2O5S. The molecule has 0 amide bonds. The number of carbonyl (C=O) groups is 1. The fourth-order valence-electron chi connectivity index (χ4n) is 4.17. The number of halogens is 5. The minimum atomic E-state index is -5.01. The molecule has 0 saturated carbocycles. The van der Waals surface area contributed by atoms with Gasteiger partial charge in [-0.2, -0.15) is 13.2 Å². The number of hydrogen-bond donors (Lipinski definition) is 0. The van der Waals surface area contributed by atoms with Crippen LogP contribution >= 0.6 is 34.5 Å². The summed E-state index contributed by atoms with van der Waals surface area (Å²) in [5, 5.41) is 0.515. The van der Waals surface area contributed by atoms with E-state index in [-0.39, 0.29) is 38.9 Å². The van der Waals surface area contributed by atoms with Crippen LogP contribution in [0.5, 0.6) is 11.5 Å². The van der Waals surface area contributed by atoms with Crippen LogP contribution in [0.15, 0.2) is 70.1 Å². The second-order valence-corrected chi connectivity index (χ2v) is 10.3. The normalized spacial score (nSPS) is 15.3. The molecule has 1 aliphatic rings. The molecule has 2 heterocycles. The maximum atomic E-state index is 14.3. The SMILES string of the molecule is C=CCOc1c(Cl)cc(/C=c2\sc3n(c2=O)[C@H](c2ccc(Cl)cc2)C(C(=O)OCC)=C(C(F)(F)F)N=3)cc1OCC. The summed E-state index contributed by atoms with van der Waals surface area (Å²) in [7, 11) is 0.